The number of hydrogen-bond acceptors (Lipinski definition) is 2. The summed E-state index contributed by atoms with van der Waals surface area (Å²) in [6, 6.07) is 0.228. The molecule has 0 spiro atoms. The molecule has 0 unspecified atom stereocenters. The van der Waals surface area contributed by atoms with E-state index in [9.17, 15) is 4.79 Å². The molecular weight excluding hydrogens is 260 g/mol. The van der Waals surface area contributed by atoms with Crippen LogP contribution in [-0.2, 0) is 4.79 Å². The van der Waals surface area contributed by atoms with Crippen LogP contribution in [0.25, 0.3) is 0 Å². The number of amides is 1. The van der Waals surface area contributed by atoms with Crippen molar-refractivity contribution in [2.75, 3.05) is 13.1 Å². The summed E-state index contributed by atoms with van der Waals surface area (Å²) in [5, 5.41) is 0. The topological polar surface area (TPSA) is 46.3 Å². The normalized spacial score (nSPS) is 47.3. The molecule has 1 saturated heterocycles. The first-order valence-electron chi connectivity index (χ1n) is 7.75. The van der Waals surface area contributed by atoms with Crippen molar-refractivity contribution in [2.45, 2.75) is 44.6 Å². The van der Waals surface area contributed by atoms with Crippen molar-refractivity contribution in [1.82, 2.24) is 4.90 Å². The Morgan fingerprint density at radius 3 is 2.05 bits per heavy atom. The molecule has 1 heterocycles. The monoisotopic (exact) mass is 284 g/mol. The van der Waals surface area contributed by atoms with E-state index in [1.54, 1.807) is 0 Å². The first-order chi connectivity index (χ1) is 8.70. The molecule has 5 fully saturated rings. The first-order valence-corrected chi connectivity index (χ1v) is 7.75. The van der Waals surface area contributed by atoms with E-state index in [1.165, 1.54) is 32.1 Å². The molecule has 19 heavy (non-hydrogen) atoms. The zero-order valence-electron chi connectivity index (χ0n) is 11.5. The Morgan fingerprint density at radius 2 is 1.58 bits per heavy atom. The highest BCUT2D eigenvalue weighted by atomic mass is 35.5. The average molecular weight is 285 g/mol. The van der Waals surface area contributed by atoms with E-state index in [-0.39, 0.29) is 18.4 Å². The molecule has 2 N–H and O–H groups in total. The quantitative estimate of drug-likeness (QED) is 0.801. The summed E-state index contributed by atoms with van der Waals surface area (Å²) in [5.74, 6) is 4.16. The molecule has 4 aliphatic carbocycles. The molecular formula is C15H25ClN2O. The molecule has 4 bridgehead atoms. The van der Waals surface area contributed by atoms with Crippen molar-refractivity contribution < 1.29 is 4.79 Å². The van der Waals surface area contributed by atoms with Crippen LogP contribution in [0.4, 0.5) is 0 Å². The number of carbonyl (C=O) groups excluding carboxylic acids is 1. The van der Waals surface area contributed by atoms with Crippen molar-refractivity contribution in [2.24, 2.45) is 35.3 Å². The van der Waals surface area contributed by atoms with E-state index >= 15 is 0 Å². The Hall–Kier alpha value is -0.280. The second-order valence-corrected chi connectivity index (χ2v) is 7.29. The SMILES string of the molecule is Cl.N[C@@H]1CCN(C(=O)C2C3CC4CC(C3)CC2C4)C1. The molecule has 1 atom stereocenters. The van der Waals surface area contributed by atoms with Gasteiger partial charge in [0.05, 0.1) is 0 Å². The number of likely N-dealkylation sites (tertiary alicyclic amines) is 1. The van der Waals surface area contributed by atoms with Gasteiger partial charge in [0.15, 0.2) is 0 Å². The minimum absolute atomic E-state index is 0. The van der Waals surface area contributed by atoms with Gasteiger partial charge < -0.3 is 10.6 Å². The van der Waals surface area contributed by atoms with E-state index in [1.807, 2.05) is 0 Å². The summed E-state index contributed by atoms with van der Waals surface area (Å²) in [6.45, 7) is 1.71. The molecule has 5 rings (SSSR count). The summed E-state index contributed by atoms with van der Waals surface area (Å²) in [6.07, 6.45) is 7.81. The number of halogens is 1. The van der Waals surface area contributed by atoms with Crippen molar-refractivity contribution in [3.8, 4) is 0 Å². The van der Waals surface area contributed by atoms with Gasteiger partial charge in [-0.3, -0.25) is 4.79 Å². The molecule has 4 heteroatoms. The van der Waals surface area contributed by atoms with Crippen LogP contribution in [0.15, 0.2) is 0 Å². The second kappa shape index (κ2) is 4.92. The lowest BCUT2D eigenvalue weighted by Gasteiger charge is -2.54. The van der Waals surface area contributed by atoms with Gasteiger partial charge >= 0.3 is 0 Å². The van der Waals surface area contributed by atoms with Crippen molar-refractivity contribution in [3.05, 3.63) is 0 Å². The zero-order valence-corrected chi connectivity index (χ0v) is 12.3. The predicted molar refractivity (Wildman–Crippen MR) is 77.0 cm³/mol. The van der Waals surface area contributed by atoms with E-state index in [0.29, 0.717) is 23.7 Å². The molecule has 1 amide bonds. The number of carbonyl (C=O) groups is 1. The molecule has 3 nitrogen and oxygen atoms in total. The molecule has 0 aromatic heterocycles. The highest BCUT2D eigenvalue weighted by molar-refractivity contribution is 5.85. The molecule has 0 radical (unpaired) electrons. The van der Waals surface area contributed by atoms with Gasteiger partial charge in [0, 0.05) is 25.0 Å². The van der Waals surface area contributed by atoms with Crippen LogP contribution in [-0.4, -0.2) is 29.9 Å². The molecule has 0 aromatic carbocycles. The lowest BCUT2D eigenvalue weighted by molar-refractivity contribution is -0.148. The first kappa shape index (κ1) is 13.7. The number of nitrogens with zero attached hydrogens (tertiary/aromatic N) is 1. The standard InChI is InChI=1S/C15H24N2O.ClH/c16-13-1-2-17(8-13)15(18)14-11-4-9-3-10(6-11)7-12(14)5-9;/h9-14H,1-8,16H2;1H/t9?,10?,11?,12?,13-,14?;/m1./s1. The summed E-state index contributed by atoms with van der Waals surface area (Å²) < 4.78 is 0. The van der Waals surface area contributed by atoms with Crippen molar-refractivity contribution >= 4 is 18.3 Å². The fourth-order valence-corrected chi connectivity index (χ4v) is 5.53. The van der Waals surface area contributed by atoms with Crippen LogP contribution in [0.3, 0.4) is 0 Å². The minimum Gasteiger partial charge on any atom is -0.341 e. The fraction of sp³-hybridized carbons (Fsp3) is 0.933. The van der Waals surface area contributed by atoms with Crippen LogP contribution in [0, 0.1) is 29.6 Å². The smallest absolute Gasteiger partial charge is 0.226 e. The molecule has 108 valence electrons. The third-order valence-electron chi connectivity index (χ3n) is 6.05. The lowest BCUT2D eigenvalue weighted by Crippen LogP contribution is -2.51. The maximum absolute atomic E-state index is 12.8. The molecule has 1 aliphatic heterocycles. The third-order valence-corrected chi connectivity index (χ3v) is 6.05. The van der Waals surface area contributed by atoms with Crippen LogP contribution >= 0.6 is 12.4 Å². The van der Waals surface area contributed by atoms with Gasteiger partial charge in [-0.15, -0.1) is 12.4 Å². The number of rotatable bonds is 1. The predicted octanol–water partition coefficient (Wildman–Crippen LogP) is 2.04. The van der Waals surface area contributed by atoms with E-state index in [2.05, 4.69) is 4.90 Å². The third kappa shape index (κ3) is 2.19. The Kier molecular flexibility index (Phi) is 3.55. The Morgan fingerprint density at radius 1 is 1.00 bits per heavy atom. The average Bonchev–Trinajstić information content (AvgIpc) is 2.74. The van der Waals surface area contributed by atoms with Crippen LogP contribution in [0.5, 0.6) is 0 Å². The maximum Gasteiger partial charge on any atom is 0.226 e. The fourth-order valence-electron chi connectivity index (χ4n) is 5.53. The zero-order chi connectivity index (χ0) is 12.3. The van der Waals surface area contributed by atoms with E-state index in [4.69, 9.17) is 5.73 Å². The summed E-state index contributed by atoms with van der Waals surface area (Å²) in [5.41, 5.74) is 5.94. The van der Waals surface area contributed by atoms with Crippen molar-refractivity contribution in [1.29, 1.82) is 0 Å². The highest BCUT2D eigenvalue weighted by Gasteiger charge is 2.51. The summed E-state index contributed by atoms with van der Waals surface area (Å²) >= 11 is 0. The maximum atomic E-state index is 12.8. The van der Waals surface area contributed by atoms with Gasteiger partial charge in [0.1, 0.15) is 0 Å². The summed E-state index contributed by atoms with van der Waals surface area (Å²) in [4.78, 5) is 14.8. The minimum atomic E-state index is 0. The molecule has 4 saturated carbocycles. The van der Waals surface area contributed by atoms with Gasteiger partial charge in [0.2, 0.25) is 5.91 Å². The Balaban J connectivity index is 0.00000110. The Labute approximate surface area is 121 Å². The van der Waals surface area contributed by atoms with Crippen LogP contribution in [0.2, 0.25) is 0 Å². The van der Waals surface area contributed by atoms with E-state index < -0.39 is 0 Å². The van der Waals surface area contributed by atoms with Gasteiger partial charge in [0.25, 0.3) is 0 Å². The lowest BCUT2D eigenvalue weighted by atomic mass is 9.51. The van der Waals surface area contributed by atoms with Gasteiger partial charge in [-0.25, -0.2) is 0 Å². The van der Waals surface area contributed by atoms with Crippen molar-refractivity contribution in [3.63, 3.8) is 0 Å². The number of hydrogen-bond donors (Lipinski definition) is 1. The Bertz CT molecular complexity index is 345. The number of nitrogens with two attached hydrogens (primary N) is 1. The van der Waals surface area contributed by atoms with Gasteiger partial charge in [-0.2, -0.15) is 0 Å². The highest BCUT2D eigenvalue weighted by Crippen LogP contribution is 2.56. The van der Waals surface area contributed by atoms with Crippen LogP contribution in [0.1, 0.15) is 38.5 Å². The van der Waals surface area contributed by atoms with E-state index in [0.717, 1.165) is 31.3 Å². The summed E-state index contributed by atoms with van der Waals surface area (Å²) in [7, 11) is 0. The molecule has 5 aliphatic rings. The van der Waals surface area contributed by atoms with Gasteiger partial charge in [-0.05, 0) is 62.2 Å². The van der Waals surface area contributed by atoms with Gasteiger partial charge in [-0.1, -0.05) is 0 Å². The molecule has 0 aromatic rings. The largest absolute Gasteiger partial charge is 0.341 e. The second-order valence-electron chi connectivity index (χ2n) is 7.29. The van der Waals surface area contributed by atoms with Crippen LogP contribution < -0.4 is 5.73 Å².